The summed E-state index contributed by atoms with van der Waals surface area (Å²) in [6, 6.07) is -0.0562. The van der Waals surface area contributed by atoms with Gasteiger partial charge >= 0.3 is 0 Å². The SMILES string of the molecule is COCCN1C(=O)C(C)NC1C(C)C. The van der Waals surface area contributed by atoms with Crippen molar-refractivity contribution in [2.24, 2.45) is 5.92 Å². The monoisotopic (exact) mass is 200 g/mol. The molecule has 0 aliphatic carbocycles. The van der Waals surface area contributed by atoms with Crippen LogP contribution < -0.4 is 5.32 Å². The molecule has 1 fully saturated rings. The second-order valence-corrected chi connectivity index (χ2v) is 4.10. The van der Waals surface area contributed by atoms with Crippen LogP contribution in [0.5, 0.6) is 0 Å². The van der Waals surface area contributed by atoms with Crippen LogP contribution in [0.15, 0.2) is 0 Å². The Morgan fingerprint density at radius 2 is 2.21 bits per heavy atom. The number of nitrogens with one attached hydrogen (secondary N) is 1. The maximum absolute atomic E-state index is 11.7. The molecule has 4 nitrogen and oxygen atoms in total. The fourth-order valence-electron chi connectivity index (χ4n) is 1.79. The number of ether oxygens (including phenoxy) is 1. The zero-order valence-electron chi connectivity index (χ0n) is 9.41. The lowest BCUT2D eigenvalue weighted by molar-refractivity contribution is -0.130. The van der Waals surface area contributed by atoms with Crippen molar-refractivity contribution in [3.63, 3.8) is 0 Å². The van der Waals surface area contributed by atoms with Gasteiger partial charge in [0.15, 0.2) is 0 Å². The molecule has 1 rings (SSSR count). The summed E-state index contributed by atoms with van der Waals surface area (Å²) in [5.41, 5.74) is 0. The average Bonchev–Trinajstić information content (AvgIpc) is 2.41. The first-order valence-electron chi connectivity index (χ1n) is 5.13. The molecule has 0 spiro atoms. The van der Waals surface area contributed by atoms with E-state index in [9.17, 15) is 4.79 Å². The summed E-state index contributed by atoms with van der Waals surface area (Å²) in [5.74, 6) is 0.613. The third kappa shape index (κ3) is 2.25. The Morgan fingerprint density at radius 1 is 1.57 bits per heavy atom. The molecule has 0 aromatic carbocycles. The first kappa shape index (κ1) is 11.5. The maximum atomic E-state index is 11.7. The molecule has 14 heavy (non-hydrogen) atoms. The van der Waals surface area contributed by atoms with Crippen LogP contribution in [0.2, 0.25) is 0 Å². The normalized spacial score (nSPS) is 27.8. The van der Waals surface area contributed by atoms with Crippen LogP contribution in [0.4, 0.5) is 0 Å². The van der Waals surface area contributed by atoms with Gasteiger partial charge in [0.1, 0.15) is 0 Å². The van der Waals surface area contributed by atoms with E-state index in [1.165, 1.54) is 0 Å². The molecule has 0 saturated carbocycles. The van der Waals surface area contributed by atoms with Crippen LogP contribution in [0.3, 0.4) is 0 Å². The van der Waals surface area contributed by atoms with Gasteiger partial charge in [-0.05, 0) is 12.8 Å². The molecule has 1 saturated heterocycles. The van der Waals surface area contributed by atoms with E-state index in [0.29, 0.717) is 19.1 Å². The molecule has 1 heterocycles. The minimum absolute atomic E-state index is 0.0562. The quantitative estimate of drug-likeness (QED) is 0.716. The molecule has 1 aliphatic rings. The molecule has 2 atom stereocenters. The Bertz CT molecular complexity index is 206. The molecule has 82 valence electrons. The highest BCUT2D eigenvalue weighted by molar-refractivity contribution is 5.83. The largest absolute Gasteiger partial charge is 0.383 e. The molecule has 2 unspecified atom stereocenters. The van der Waals surface area contributed by atoms with Gasteiger partial charge in [-0.25, -0.2) is 0 Å². The van der Waals surface area contributed by atoms with E-state index in [-0.39, 0.29) is 18.1 Å². The lowest BCUT2D eigenvalue weighted by Gasteiger charge is -2.26. The summed E-state index contributed by atoms with van der Waals surface area (Å²) in [4.78, 5) is 13.6. The Labute approximate surface area is 85.6 Å². The standard InChI is InChI=1S/C10H20N2O2/c1-7(2)9-11-8(3)10(13)12(9)5-6-14-4/h7-9,11H,5-6H2,1-4H3. The Morgan fingerprint density at radius 3 is 2.71 bits per heavy atom. The Kier molecular flexibility index (Phi) is 3.89. The Hall–Kier alpha value is -0.610. The molecular formula is C10H20N2O2. The number of hydrogen-bond donors (Lipinski definition) is 1. The zero-order chi connectivity index (χ0) is 10.7. The van der Waals surface area contributed by atoms with Gasteiger partial charge < -0.3 is 9.64 Å². The number of carbonyl (C=O) groups is 1. The highest BCUT2D eigenvalue weighted by Crippen LogP contribution is 2.16. The number of hydrogen-bond acceptors (Lipinski definition) is 3. The van der Waals surface area contributed by atoms with Crippen molar-refractivity contribution in [3.8, 4) is 0 Å². The van der Waals surface area contributed by atoms with Gasteiger partial charge in [0.25, 0.3) is 0 Å². The molecule has 0 aromatic rings. The van der Waals surface area contributed by atoms with Gasteiger partial charge in [-0.1, -0.05) is 13.8 Å². The van der Waals surface area contributed by atoms with Crippen molar-refractivity contribution < 1.29 is 9.53 Å². The van der Waals surface area contributed by atoms with Crippen molar-refractivity contribution >= 4 is 5.91 Å². The van der Waals surface area contributed by atoms with Crippen molar-refractivity contribution in [2.45, 2.75) is 33.0 Å². The van der Waals surface area contributed by atoms with E-state index < -0.39 is 0 Å². The predicted molar refractivity (Wildman–Crippen MR) is 54.8 cm³/mol. The number of methoxy groups -OCH3 is 1. The fraction of sp³-hybridized carbons (Fsp3) is 0.900. The number of nitrogens with zero attached hydrogens (tertiary/aromatic N) is 1. The summed E-state index contributed by atoms with van der Waals surface area (Å²) >= 11 is 0. The van der Waals surface area contributed by atoms with Crippen molar-refractivity contribution in [1.29, 1.82) is 0 Å². The minimum Gasteiger partial charge on any atom is -0.383 e. The molecule has 4 heteroatoms. The molecule has 0 radical (unpaired) electrons. The first-order chi connectivity index (χ1) is 6.57. The number of carbonyl (C=O) groups excluding carboxylic acids is 1. The molecule has 0 bridgehead atoms. The fourth-order valence-corrected chi connectivity index (χ4v) is 1.79. The molecule has 1 amide bonds. The summed E-state index contributed by atoms with van der Waals surface area (Å²) in [5, 5.41) is 3.28. The lowest BCUT2D eigenvalue weighted by atomic mass is 10.1. The summed E-state index contributed by atoms with van der Waals surface area (Å²) in [6.07, 6.45) is 0.160. The molecular weight excluding hydrogens is 180 g/mol. The van der Waals surface area contributed by atoms with Gasteiger partial charge in [-0.15, -0.1) is 0 Å². The summed E-state index contributed by atoms with van der Waals surface area (Å²) < 4.78 is 4.99. The highest BCUT2D eigenvalue weighted by atomic mass is 16.5. The smallest absolute Gasteiger partial charge is 0.240 e. The second kappa shape index (κ2) is 4.75. The number of rotatable bonds is 4. The van der Waals surface area contributed by atoms with E-state index in [4.69, 9.17) is 4.74 Å². The van der Waals surface area contributed by atoms with Gasteiger partial charge in [0.2, 0.25) is 5.91 Å². The van der Waals surface area contributed by atoms with Gasteiger partial charge in [0.05, 0.1) is 18.8 Å². The lowest BCUT2D eigenvalue weighted by Crippen LogP contribution is -2.42. The van der Waals surface area contributed by atoms with E-state index in [0.717, 1.165) is 0 Å². The average molecular weight is 200 g/mol. The molecule has 1 aliphatic heterocycles. The minimum atomic E-state index is -0.0562. The third-order valence-electron chi connectivity index (χ3n) is 2.58. The molecule has 0 aromatic heterocycles. The second-order valence-electron chi connectivity index (χ2n) is 4.10. The van der Waals surface area contributed by atoms with Crippen LogP contribution in [0, 0.1) is 5.92 Å². The predicted octanol–water partition coefficient (Wildman–Crippen LogP) is 0.435. The number of amides is 1. The van der Waals surface area contributed by atoms with Crippen molar-refractivity contribution in [1.82, 2.24) is 10.2 Å². The third-order valence-corrected chi connectivity index (χ3v) is 2.58. The van der Waals surface area contributed by atoms with Crippen molar-refractivity contribution in [3.05, 3.63) is 0 Å². The highest BCUT2D eigenvalue weighted by Gasteiger charge is 2.37. The Balaban J connectivity index is 2.61. The first-order valence-corrected chi connectivity index (χ1v) is 5.13. The van der Waals surface area contributed by atoms with Crippen LogP contribution >= 0.6 is 0 Å². The van der Waals surface area contributed by atoms with E-state index in [1.807, 2.05) is 11.8 Å². The van der Waals surface area contributed by atoms with E-state index in [2.05, 4.69) is 19.2 Å². The topological polar surface area (TPSA) is 41.6 Å². The van der Waals surface area contributed by atoms with E-state index >= 15 is 0 Å². The maximum Gasteiger partial charge on any atom is 0.240 e. The van der Waals surface area contributed by atoms with Gasteiger partial charge in [-0.3, -0.25) is 10.1 Å². The van der Waals surface area contributed by atoms with Crippen LogP contribution in [0.25, 0.3) is 0 Å². The molecule has 1 N–H and O–H groups in total. The zero-order valence-corrected chi connectivity index (χ0v) is 9.41. The summed E-state index contributed by atoms with van der Waals surface area (Å²) in [6.45, 7) is 7.41. The van der Waals surface area contributed by atoms with Crippen LogP contribution in [-0.4, -0.2) is 43.3 Å². The van der Waals surface area contributed by atoms with Crippen molar-refractivity contribution in [2.75, 3.05) is 20.3 Å². The van der Waals surface area contributed by atoms with Gasteiger partial charge in [0, 0.05) is 13.7 Å². The van der Waals surface area contributed by atoms with Gasteiger partial charge in [-0.2, -0.15) is 0 Å². The summed E-state index contributed by atoms with van der Waals surface area (Å²) in [7, 11) is 1.65. The van der Waals surface area contributed by atoms with Crippen LogP contribution in [-0.2, 0) is 9.53 Å². The van der Waals surface area contributed by atoms with E-state index in [1.54, 1.807) is 7.11 Å². The van der Waals surface area contributed by atoms with Crippen LogP contribution in [0.1, 0.15) is 20.8 Å².